The van der Waals surface area contributed by atoms with Crippen LogP contribution in [0.2, 0.25) is 0 Å². The van der Waals surface area contributed by atoms with E-state index in [1.165, 1.54) is 25.7 Å². The van der Waals surface area contributed by atoms with E-state index in [9.17, 15) is 0 Å². The number of hydrogen-bond acceptors (Lipinski definition) is 2. The predicted molar refractivity (Wildman–Crippen MR) is 58.0 cm³/mol. The van der Waals surface area contributed by atoms with Crippen molar-refractivity contribution < 1.29 is 4.74 Å². The van der Waals surface area contributed by atoms with Crippen LogP contribution in [0.25, 0.3) is 0 Å². The van der Waals surface area contributed by atoms with Crippen molar-refractivity contribution in [1.29, 1.82) is 0 Å². The van der Waals surface area contributed by atoms with Crippen LogP contribution in [0.4, 0.5) is 0 Å². The number of hydrogen-bond donors (Lipinski definition) is 1. The fourth-order valence-electron chi connectivity index (χ4n) is 2.58. The summed E-state index contributed by atoms with van der Waals surface area (Å²) in [7, 11) is 0. The molecule has 2 bridgehead atoms. The maximum absolute atomic E-state index is 5.89. The van der Waals surface area contributed by atoms with Gasteiger partial charge in [0.15, 0.2) is 0 Å². The lowest BCUT2D eigenvalue weighted by atomic mass is 10.0. The number of fused-ring (bicyclic) bond motifs is 2. The van der Waals surface area contributed by atoms with Gasteiger partial charge in [0.05, 0.1) is 6.10 Å². The second kappa shape index (κ2) is 4.94. The highest BCUT2D eigenvalue weighted by atomic mass is 16.5. The van der Waals surface area contributed by atoms with E-state index >= 15 is 0 Å². The molecule has 2 aliphatic rings. The highest BCUT2D eigenvalue weighted by Gasteiger charge is 2.35. The van der Waals surface area contributed by atoms with E-state index in [1.807, 2.05) is 0 Å². The molecule has 0 aliphatic heterocycles. The molecule has 0 radical (unpaired) electrons. The van der Waals surface area contributed by atoms with Crippen LogP contribution in [-0.4, -0.2) is 19.3 Å². The quantitative estimate of drug-likeness (QED) is 0.520. The second-order valence-electron chi connectivity index (χ2n) is 4.54. The molecule has 2 heteroatoms. The van der Waals surface area contributed by atoms with Gasteiger partial charge in [-0.15, -0.1) is 0 Å². The lowest BCUT2D eigenvalue weighted by Crippen LogP contribution is -2.18. The first-order valence-electron chi connectivity index (χ1n) is 5.90. The van der Waals surface area contributed by atoms with E-state index in [1.54, 1.807) is 0 Å². The molecule has 3 atom stereocenters. The number of ether oxygens (including phenoxy) is 1. The minimum Gasteiger partial charge on any atom is -0.378 e. The van der Waals surface area contributed by atoms with E-state index in [4.69, 9.17) is 10.5 Å². The Balaban J connectivity index is 1.56. The molecule has 14 heavy (non-hydrogen) atoms. The van der Waals surface area contributed by atoms with Crippen molar-refractivity contribution in [3.05, 3.63) is 12.2 Å². The fraction of sp³-hybridized carbons (Fsp3) is 0.833. The first kappa shape index (κ1) is 10.2. The first-order valence-corrected chi connectivity index (χ1v) is 5.90. The highest BCUT2D eigenvalue weighted by Crippen LogP contribution is 2.40. The molecule has 0 saturated heterocycles. The minimum absolute atomic E-state index is 0.530. The van der Waals surface area contributed by atoms with E-state index in [0.29, 0.717) is 6.10 Å². The van der Waals surface area contributed by atoms with Gasteiger partial charge in [-0.25, -0.2) is 0 Å². The third-order valence-electron chi connectivity index (χ3n) is 3.40. The molecule has 2 aliphatic carbocycles. The average Bonchev–Trinajstić information content (AvgIpc) is 2.79. The van der Waals surface area contributed by atoms with Crippen molar-refractivity contribution in [1.82, 2.24) is 0 Å². The van der Waals surface area contributed by atoms with Gasteiger partial charge >= 0.3 is 0 Å². The molecule has 0 heterocycles. The van der Waals surface area contributed by atoms with Crippen molar-refractivity contribution in [2.45, 2.75) is 38.2 Å². The van der Waals surface area contributed by atoms with Gasteiger partial charge < -0.3 is 10.5 Å². The Kier molecular flexibility index (Phi) is 3.60. The van der Waals surface area contributed by atoms with Crippen molar-refractivity contribution in [3.63, 3.8) is 0 Å². The van der Waals surface area contributed by atoms with Crippen molar-refractivity contribution >= 4 is 0 Å². The molecule has 1 saturated carbocycles. The first-order chi connectivity index (χ1) is 6.90. The summed E-state index contributed by atoms with van der Waals surface area (Å²) >= 11 is 0. The van der Waals surface area contributed by atoms with Crippen molar-refractivity contribution in [2.75, 3.05) is 13.2 Å². The smallest absolute Gasteiger partial charge is 0.0643 e. The molecule has 2 nitrogen and oxygen atoms in total. The Morgan fingerprint density at radius 1 is 1.14 bits per heavy atom. The maximum atomic E-state index is 5.89. The standard InChI is InChI=1S/C12H21NO/c13-6-2-1-3-7-14-12-9-10-4-5-11(12)8-10/h4-5,10-12H,1-3,6-9,13H2. The second-order valence-corrected chi connectivity index (χ2v) is 4.54. The summed E-state index contributed by atoms with van der Waals surface area (Å²) in [4.78, 5) is 0. The summed E-state index contributed by atoms with van der Waals surface area (Å²) in [6.45, 7) is 1.75. The summed E-state index contributed by atoms with van der Waals surface area (Å²) in [5.74, 6) is 1.56. The average molecular weight is 195 g/mol. The van der Waals surface area contributed by atoms with Gasteiger partial charge in [0.2, 0.25) is 0 Å². The van der Waals surface area contributed by atoms with Crippen LogP contribution in [0.1, 0.15) is 32.1 Å². The molecule has 1 fully saturated rings. The number of rotatable bonds is 6. The van der Waals surface area contributed by atoms with Crippen LogP contribution < -0.4 is 5.73 Å². The van der Waals surface area contributed by atoms with Crippen LogP contribution in [0.15, 0.2) is 12.2 Å². The van der Waals surface area contributed by atoms with Crippen LogP contribution in [0.5, 0.6) is 0 Å². The van der Waals surface area contributed by atoms with Gasteiger partial charge in [-0.05, 0) is 44.6 Å². The van der Waals surface area contributed by atoms with E-state index in [-0.39, 0.29) is 0 Å². The Morgan fingerprint density at radius 2 is 2.07 bits per heavy atom. The molecule has 0 spiro atoms. The van der Waals surface area contributed by atoms with Crippen LogP contribution in [0, 0.1) is 11.8 Å². The van der Waals surface area contributed by atoms with E-state index < -0.39 is 0 Å². The minimum atomic E-state index is 0.530. The lowest BCUT2D eigenvalue weighted by molar-refractivity contribution is 0.0344. The van der Waals surface area contributed by atoms with Gasteiger partial charge in [-0.1, -0.05) is 12.2 Å². The van der Waals surface area contributed by atoms with Crippen molar-refractivity contribution in [3.8, 4) is 0 Å². The Labute approximate surface area is 86.5 Å². The maximum Gasteiger partial charge on any atom is 0.0643 e. The molecule has 80 valence electrons. The van der Waals surface area contributed by atoms with Crippen LogP contribution in [0.3, 0.4) is 0 Å². The van der Waals surface area contributed by atoms with Crippen LogP contribution >= 0.6 is 0 Å². The highest BCUT2D eigenvalue weighted by molar-refractivity contribution is 5.10. The summed E-state index contributed by atoms with van der Waals surface area (Å²) in [5, 5.41) is 0. The van der Waals surface area contributed by atoms with Gasteiger partial charge in [-0.2, -0.15) is 0 Å². The zero-order chi connectivity index (χ0) is 9.80. The summed E-state index contributed by atoms with van der Waals surface area (Å²) in [6, 6.07) is 0. The van der Waals surface area contributed by atoms with E-state index in [0.717, 1.165) is 31.4 Å². The molecule has 0 aromatic rings. The lowest BCUT2D eigenvalue weighted by Gasteiger charge is -2.18. The molecule has 0 aromatic carbocycles. The Hall–Kier alpha value is -0.340. The third kappa shape index (κ3) is 2.37. The molecule has 2 N–H and O–H groups in total. The zero-order valence-corrected chi connectivity index (χ0v) is 8.82. The molecule has 3 unspecified atom stereocenters. The Bertz CT molecular complexity index is 202. The van der Waals surface area contributed by atoms with Gasteiger partial charge in [0, 0.05) is 12.5 Å². The van der Waals surface area contributed by atoms with Crippen molar-refractivity contribution in [2.24, 2.45) is 17.6 Å². The molecular weight excluding hydrogens is 174 g/mol. The van der Waals surface area contributed by atoms with Crippen LogP contribution in [-0.2, 0) is 4.74 Å². The largest absolute Gasteiger partial charge is 0.378 e. The molecule has 0 aromatic heterocycles. The fourth-order valence-corrected chi connectivity index (χ4v) is 2.58. The number of allylic oxidation sites excluding steroid dienone is 1. The normalized spacial score (nSPS) is 34.2. The SMILES string of the molecule is NCCCCCOC1CC2C=CC1C2. The summed E-state index contributed by atoms with van der Waals surface area (Å²) in [5.41, 5.74) is 5.43. The molecule has 2 rings (SSSR count). The predicted octanol–water partition coefficient (Wildman–Crippen LogP) is 2.10. The van der Waals surface area contributed by atoms with Gasteiger partial charge in [0.1, 0.15) is 0 Å². The summed E-state index contributed by atoms with van der Waals surface area (Å²) in [6.07, 6.45) is 11.4. The number of nitrogens with two attached hydrogens (primary N) is 1. The molecule has 0 amide bonds. The Morgan fingerprint density at radius 3 is 2.71 bits per heavy atom. The monoisotopic (exact) mass is 195 g/mol. The topological polar surface area (TPSA) is 35.2 Å². The van der Waals surface area contributed by atoms with Gasteiger partial charge in [-0.3, -0.25) is 0 Å². The third-order valence-corrected chi connectivity index (χ3v) is 3.40. The van der Waals surface area contributed by atoms with E-state index in [2.05, 4.69) is 12.2 Å². The van der Waals surface area contributed by atoms with Gasteiger partial charge in [0.25, 0.3) is 0 Å². The zero-order valence-electron chi connectivity index (χ0n) is 8.82. The molecular formula is C12H21NO. The number of unbranched alkanes of at least 4 members (excludes halogenated alkanes) is 2. The summed E-state index contributed by atoms with van der Waals surface area (Å²) < 4.78 is 5.89.